The largest absolute Gasteiger partial charge is 0.475 e. The van der Waals surface area contributed by atoms with Gasteiger partial charge < -0.3 is 33.6 Å². The van der Waals surface area contributed by atoms with Gasteiger partial charge in [-0.15, -0.1) is 0 Å². The fourth-order valence-electron chi connectivity index (χ4n) is 5.52. The maximum atomic E-state index is 11.3. The molecule has 0 aliphatic carbocycles. The zero-order chi connectivity index (χ0) is 36.7. The van der Waals surface area contributed by atoms with Crippen LogP contribution in [0.1, 0.15) is 25.1 Å². The molecule has 1 N–H and O–H groups in total. The molecule has 1 saturated heterocycles. The molecule has 1 aliphatic heterocycles. The standard InChI is InChI=1S/C35H45N7O8SSi/c1-36-35-40-33-32(34(41-35)48-22-29-37-12-11-30(39-29)46-14-15-49-51(2,43)44)27(21-42(33)23-45-16-17-52(3,4)5)24-9-10-28-25(18-24)19-26(20-38-28)50-31-8-6-7-13-47-31/h9-12,18-21,31H,6-8,13-17,22-23H2,1-5H3,(H,36,40,41). The van der Waals surface area contributed by atoms with Crippen LogP contribution in [0.25, 0.3) is 33.1 Å². The van der Waals surface area contributed by atoms with Gasteiger partial charge in [0.2, 0.25) is 17.7 Å². The smallest absolute Gasteiger partial charge is 0.264 e. The topological polar surface area (TPSA) is 171 Å². The number of pyridine rings is 1. The van der Waals surface area contributed by atoms with Crippen molar-refractivity contribution >= 4 is 46.1 Å². The third kappa shape index (κ3) is 10.1. The first-order chi connectivity index (χ1) is 24.9. The van der Waals surface area contributed by atoms with E-state index in [9.17, 15) is 8.42 Å². The normalized spacial score (nSPS) is 15.2. The summed E-state index contributed by atoms with van der Waals surface area (Å²) >= 11 is 0. The van der Waals surface area contributed by atoms with E-state index in [0.29, 0.717) is 54.4 Å². The maximum Gasteiger partial charge on any atom is 0.264 e. The number of hydrogen-bond acceptors (Lipinski definition) is 14. The van der Waals surface area contributed by atoms with E-state index >= 15 is 0 Å². The van der Waals surface area contributed by atoms with Crippen LogP contribution >= 0.6 is 0 Å². The quantitative estimate of drug-likeness (QED) is 0.0704. The first kappa shape index (κ1) is 37.3. The monoisotopic (exact) mass is 751 g/mol. The van der Waals surface area contributed by atoms with Crippen LogP contribution in [-0.2, 0) is 37.1 Å². The Bertz CT molecular complexity index is 2100. The minimum atomic E-state index is -3.57. The minimum Gasteiger partial charge on any atom is -0.475 e. The molecule has 5 heterocycles. The Morgan fingerprint density at radius 2 is 1.88 bits per heavy atom. The van der Waals surface area contributed by atoms with E-state index in [0.717, 1.165) is 53.6 Å². The summed E-state index contributed by atoms with van der Waals surface area (Å²) in [5.41, 5.74) is 3.20. The van der Waals surface area contributed by atoms with Crippen LogP contribution < -0.4 is 19.5 Å². The van der Waals surface area contributed by atoms with Gasteiger partial charge in [0.1, 0.15) is 32.3 Å². The van der Waals surface area contributed by atoms with Crippen molar-refractivity contribution in [2.75, 3.05) is 45.0 Å². The van der Waals surface area contributed by atoms with Crippen LogP contribution in [0.4, 0.5) is 5.95 Å². The second kappa shape index (κ2) is 16.5. The third-order valence-electron chi connectivity index (χ3n) is 8.15. The van der Waals surface area contributed by atoms with Crippen LogP contribution in [0.2, 0.25) is 25.7 Å². The van der Waals surface area contributed by atoms with Gasteiger partial charge in [-0.2, -0.15) is 23.4 Å². The number of benzene rings is 1. The Balaban J connectivity index is 1.32. The van der Waals surface area contributed by atoms with Gasteiger partial charge in [-0.1, -0.05) is 25.7 Å². The van der Waals surface area contributed by atoms with Crippen molar-refractivity contribution in [2.24, 2.45) is 0 Å². The molecular formula is C35H45N7O8SSi. The van der Waals surface area contributed by atoms with Crippen LogP contribution in [0.15, 0.2) is 48.9 Å². The van der Waals surface area contributed by atoms with E-state index in [1.54, 1.807) is 19.3 Å². The van der Waals surface area contributed by atoms with Crippen molar-refractivity contribution in [1.29, 1.82) is 0 Å². The Kier molecular flexibility index (Phi) is 11.8. The average Bonchev–Trinajstić information content (AvgIpc) is 3.49. The lowest BCUT2D eigenvalue weighted by atomic mass is 10.0. The molecule has 1 aromatic carbocycles. The molecule has 1 atom stereocenters. The Labute approximate surface area is 304 Å². The molecule has 15 nitrogen and oxygen atoms in total. The molecule has 1 unspecified atom stereocenters. The van der Waals surface area contributed by atoms with E-state index in [4.69, 9.17) is 37.8 Å². The third-order valence-corrected chi connectivity index (χ3v) is 10.5. The fourth-order valence-corrected chi connectivity index (χ4v) is 6.65. The highest BCUT2D eigenvalue weighted by Crippen LogP contribution is 2.38. The number of anilines is 1. The van der Waals surface area contributed by atoms with Crippen molar-refractivity contribution < 1.29 is 36.3 Å². The molecule has 17 heteroatoms. The maximum absolute atomic E-state index is 11.3. The molecule has 0 amide bonds. The summed E-state index contributed by atoms with van der Waals surface area (Å²) < 4.78 is 59.2. The SMILES string of the molecule is CNc1nc(OCc2nccc(OCCOS(C)(=O)=O)n2)c2c(-c3ccc4ncc(OC5CCCCO5)cc4c3)cn(COCC[Si](C)(C)C)c2n1. The Morgan fingerprint density at radius 3 is 2.65 bits per heavy atom. The molecule has 0 saturated carbocycles. The summed E-state index contributed by atoms with van der Waals surface area (Å²) in [7, 11) is -3.12. The molecule has 6 rings (SSSR count). The number of ether oxygens (including phenoxy) is 5. The molecule has 1 fully saturated rings. The van der Waals surface area contributed by atoms with Crippen molar-refractivity contribution in [3.8, 4) is 28.6 Å². The molecule has 278 valence electrons. The van der Waals surface area contributed by atoms with Gasteiger partial charge in [0.15, 0.2) is 17.8 Å². The fraction of sp³-hybridized carbons (Fsp3) is 0.457. The summed E-state index contributed by atoms with van der Waals surface area (Å²) in [6.07, 6.45) is 8.93. The molecule has 5 aromatic rings. The second-order valence-electron chi connectivity index (χ2n) is 13.6. The number of hydrogen-bond donors (Lipinski definition) is 1. The van der Waals surface area contributed by atoms with Gasteiger partial charge in [0.25, 0.3) is 10.1 Å². The molecule has 0 bridgehead atoms. The highest BCUT2D eigenvalue weighted by atomic mass is 32.2. The predicted molar refractivity (Wildman–Crippen MR) is 199 cm³/mol. The number of nitrogens with one attached hydrogen (secondary N) is 1. The van der Waals surface area contributed by atoms with Gasteiger partial charge in [0.05, 0.1) is 30.0 Å². The summed E-state index contributed by atoms with van der Waals surface area (Å²) in [5, 5.41) is 4.64. The van der Waals surface area contributed by atoms with E-state index in [2.05, 4.69) is 46.0 Å². The van der Waals surface area contributed by atoms with Crippen LogP contribution in [-0.4, -0.2) is 92.0 Å². The second-order valence-corrected chi connectivity index (χ2v) is 20.9. The lowest BCUT2D eigenvalue weighted by molar-refractivity contribution is -0.106. The Morgan fingerprint density at radius 1 is 1.02 bits per heavy atom. The van der Waals surface area contributed by atoms with Gasteiger partial charge in [0, 0.05) is 57.6 Å². The number of fused-ring (bicyclic) bond motifs is 2. The Hall–Kier alpha value is -4.42. The van der Waals surface area contributed by atoms with Gasteiger partial charge in [-0.05, 0) is 42.6 Å². The first-order valence-corrected chi connectivity index (χ1v) is 22.7. The van der Waals surface area contributed by atoms with Crippen LogP contribution in [0, 0.1) is 0 Å². The molecule has 1 aliphatic rings. The summed E-state index contributed by atoms with van der Waals surface area (Å²) in [5.74, 6) is 1.93. The minimum absolute atomic E-state index is 0.0113. The molecular weight excluding hydrogens is 707 g/mol. The first-order valence-electron chi connectivity index (χ1n) is 17.2. The highest BCUT2D eigenvalue weighted by molar-refractivity contribution is 7.85. The van der Waals surface area contributed by atoms with Crippen molar-refractivity contribution in [1.82, 2.24) is 29.5 Å². The summed E-state index contributed by atoms with van der Waals surface area (Å²) in [4.78, 5) is 22.9. The van der Waals surface area contributed by atoms with Crippen molar-refractivity contribution in [3.63, 3.8) is 0 Å². The van der Waals surface area contributed by atoms with Gasteiger partial charge in [-0.25, -0.2) is 4.98 Å². The molecule has 52 heavy (non-hydrogen) atoms. The molecule has 0 radical (unpaired) electrons. The predicted octanol–water partition coefficient (Wildman–Crippen LogP) is 5.63. The van der Waals surface area contributed by atoms with Gasteiger partial charge >= 0.3 is 0 Å². The highest BCUT2D eigenvalue weighted by Gasteiger charge is 2.22. The van der Waals surface area contributed by atoms with E-state index < -0.39 is 18.2 Å². The lowest BCUT2D eigenvalue weighted by Crippen LogP contribution is -2.24. The zero-order valence-corrected chi connectivity index (χ0v) is 31.9. The lowest BCUT2D eigenvalue weighted by Gasteiger charge is -2.23. The summed E-state index contributed by atoms with van der Waals surface area (Å²) in [6.45, 7) is 8.40. The van der Waals surface area contributed by atoms with Crippen LogP contribution in [0.3, 0.4) is 0 Å². The molecule has 4 aromatic heterocycles. The van der Waals surface area contributed by atoms with Crippen molar-refractivity contribution in [3.05, 3.63) is 54.7 Å². The number of rotatable bonds is 17. The molecule has 0 spiro atoms. The zero-order valence-electron chi connectivity index (χ0n) is 30.1. The van der Waals surface area contributed by atoms with E-state index in [1.165, 1.54) is 6.20 Å². The van der Waals surface area contributed by atoms with E-state index in [-0.39, 0.29) is 32.0 Å². The number of nitrogens with zero attached hydrogens (tertiary/aromatic N) is 6. The van der Waals surface area contributed by atoms with E-state index in [1.807, 2.05) is 29.0 Å². The summed E-state index contributed by atoms with van der Waals surface area (Å²) in [6, 6.07) is 10.6. The van der Waals surface area contributed by atoms with Crippen molar-refractivity contribution in [2.45, 2.75) is 64.6 Å². The van der Waals surface area contributed by atoms with Gasteiger partial charge in [-0.3, -0.25) is 9.17 Å². The van der Waals surface area contributed by atoms with Crippen LogP contribution in [0.5, 0.6) is 17.5 Å². The average molecular weight is 752 g/mol. The number of aromatic nitrogens is 6.